The van der Waals surface area contributed by atoms with Crippen molar-refractivity contribution in [1.29, 1.82) is 0 Å². The monoisotopic (exact) mass is 462 g/mol. The van der Waals surface area contributed by atoms with Crippen LogP contribution >= 0.6 is 0 Å². The molecule has 1 atom stereocenters. The summed E-state index contributed by atoms with van der Waals surface area (Å²) in [4.78, 5) is 14.0. The molecule has 0 bridgehead atoms. The summed E-state index contributed by atoms with van der Waals surface area (Å²) in [6.07, 6.45) is 2.42. The number of carbonyl (C=O) groups excluding carboxylic acids is 1. The van der Waals surface area contributed by atoms with Crippen molar-refractivity contribution in [3.8, 4) is 0 Å². The van der Waals surface area contributed by atoms with Crippen molar-refractivity contribution in [3.05, 3.63) is 65.5 Å². The van der Waals surface area contributed by atoms with Crippen LogP contribution in [0.1, 0.15) is 61.1 Å². The van der Waals surface area contributed by atoms with Crippen LogP contribution in [0.15, 0.2) is 48.7 Å². The van der Waals surface area contributed by atoms with Crippen molar-refractivity contribution in [2.24, 2.45) is 0 Å². The summed E-state index contributed by atoms with van der Waals surface area (Å²) < 4.78 is 40.0. The number of aryl methyl sites for hydroxylation is 1. The Kier molecular flexibility index (Phi) is 10.4. The highest BCUT2D eigenvalue weighted by Gasteiger charge is 2.34. The minimum absolute atomic E-state index is 0.232. The lowest BCUT2D eigenvalue weighted by Crippen LogP contribution is -2.22. The highest BCUT2D eigenvalue weighted by molar-refractivity contribution is 5.77. The first-order valence-corrected chi connectivity index (χ1v) is 11.3. The van der Waals surface area contributed by atoms with Crippen LogP contribution < -0.4 is 10.6 Å². The zero-order chi connectivity index (χ0) is 24.3. The van der Waals surface area contributed by atoms with Gasteiger partial charge in [-0.15, -0.1) is 0 Å². The van der Waals surface area contributed by atoms with Crippen LogP contribution in [-0.4, -0.2) is 35.3 Å². The van der Waals surface area contributed by atoms with E-state index in [0.717, 1.165) is 62.3 Å². The Hall–Kier alpha value is -2.87. The van der Waals surface area contributed by atoms with Crippen LogP contribution in [0.25, 0.3) is 5.65 Å². The number of hydrogen-bond donors (Lipinski definition) is 2. The Bertz CT molecular complexity index is 1000. The molecule has 0 aliphatic carbocycles. The Morgan fingerprint density at radius 2 is 1.85 bits per heavy atom. The molecule has 2 N–H and O–H groups in total. The van der Waals surface area contributed by atoms with E-state index in [4.69, 9.17) is 0 Å². The van der Waals surface area contributed by atoms with Gasteiger partial charge in [0.2, 0.25) is 0 Å². The third-order valence-corrected chi connectivity index (χ3v) is 5.31. The SMILES string of the molecule is CCCC(CCCNC)Nc1cccc2nc(C(F)(F)F)cn12.CCc1ccccc1C=O. The number of imidazole rings is 1. The molecular formula is C25H33F3N4O. The Balaban J connectivity index is 0.000000321. The van der Waals surface area contributed by atoms with Crippen LogP contribution in [0, 0.1) is 0 Å². The van der Waals surface area contributed by atoms with Gasteiger partial charge in [-0.05, 0) is 57.0 Å². The maximum atomic E-state index is 12.8. The van der Waals surface area contributed by atoms with Crippen molar-refractivity contribution in [3.63, 3.8) is 0 Å². The van der Waals surface area contributed by atoms with E-state index in [9.17, 15) is 18.0 Å². The quantitative estimate of drug-likeness (QED) is 0.287. The molecule has 0 aliphatic rings. The molecule has 1 unspecified atom stereocenters. The molecule has 0 radical (unpaired) electrons. The Labute approximate surface area is 193 Å². The molecule has 180 valence electrons. The summed E-state index contributed by atoms with van der Waals surface area (Å²) in [6, 6.07) is 13.0. The lowest BCUT2D eigenvalue weighted by atomic mass is 10.1. The fraction of sp³-hybridized carbons (Fsp3) is 0.440. The smallest absolute Gasteiger partial charge is 0.368 e. The summed E-state index contributed by atoms with van der Waals surface area (Å²) in [5.41, 5.74) is 1.37. The second kappa shape index (κ2) is 13.0. The van der Waals surface area contributed by atoms with Gasteiger partial charge in [0.15, 0.2) is 5.69 Å². The van der Waals surface area contributed by atoms with Gasteiger partial charge in [0.05, 0.1) is 0 Å². The molecule has 33 heavy (non-hydrogen) atoms. The molecule has 0 amide bonds. The van der Waals surface area contributed by atoms with E-state index in [0.29, 0.717) is 11.5 Å². The Morgan fingerprint density at radius 1 is 1.09 bits per heavy atom. The van der Waals surface area contributed by atoms with E-state index < -0.39 is 11.9 Å². The zero-order valence-corrected chi connectivity index (χ0v) is 19.5. The number of carbonyl (C=O) groups is 1. The lowest BCUT2D eigenvalue weighted by molar-refractivity contribution is -0.140. The normalized spacial score (nSPS) is 12.2. The first kappa shape index (κ1) is 26.4. The molecule has 5 nitrogen and oxygen atoms in total. The lowest BCUT2D eigenvalue weighted by Gasteiger charge is -2.20. The van der Waals surface area contributed by atoms with E-state index >= 15 is 0 Å². The van der Waals surface area contributed by atoms with E-state index in [1.165, 1.54) is 4.40 Å². The van der Waals surface area contributed by atoms with Crippen molar-refractivity contribution in [2.45, 2.75) is 58.2 Å². The molecule has 3 rings (SSSR count). The fourth-order valence-corrected chi connectivity index (χ4v) is 3.61. The van der Waals surface area contributed by atoms with E-state index in [1.54, 1.807) is 18.2 Å². The van der Waals surface area contributed by atoms with E-state index in [2.05, 4.69) is 22.5 Å². The maximum Gasteiger partial charge on any atom is 0.434 e. The summed E-state index contributed by atoms with van der Waals surface area (Å²) in [6.45, 7) is 5.07. The minimum Gasteiger partial charge on any atom is -0.368 e. The molecule has 0 spiro atoms. The summed E-state index contributed by atoms with van der Waals surface area (Å²) in [5, 5.41) is 6.49. The van der Waals surface area contributed by atoms with Gasteiger partial charge < -0.3 is 10.6 Å². The van der Waals surface area contributed by atoms with Crippen molar-refractivity contribution >= 4 is 17.8 Å². The number of halogens is 3. The van der Waals surface area contributed by atoms with Crippen LogP contribution in [0.5, 0.6) is 0 Å². The van der Waals surface area contributed by atoms with Crippen LogP contribution in [0.2, 0.25) is 0 Å². The van der Waals surface area contributed by atoms with Crippen molar-refractivity contribution in [1.82, 2.24) is 14.7 Å². The number of nitrogens with one attached hydrogen (secondary N) is 2. The molecule has 0 saturated heterocycles. The van der Waals surface area contributed by atoms with E-state index in [-0.39, 0.29) is 6.04 Å². The van der Waals surface area contributed by atoms with Gasteiger partial charge in [0.1, 0.15) is 17.8 Å². The number of nitrogens with zero attached hydrogens (tertiary/aromatic N) is 2. The second-order valence-corrected chi connectivity index (χ2v) is 7.81. The van der Waals surface area contributed by atoms with Gasteiger partial charge in [-0.1, -0.05) is 50.6 Å². The molecule has 1 aromatic carbocycles. The number of anilines is 1. The summed E-state index contributed by atoms with van der Waals surface area (Å²) >= 11 is 0. The van der Waals surface area contributed by atoms with E-state index in [1.807, 2.05) is 38.2 Å². The number of aromatic nitrogens is 2. The van der Waals surface area contributed by atoms with Gasteiger partial charge in [0, 0.05) is 17.8 Å². The highest BCUT2D eigenvalue weighted by Crippen LogP contribution is 2.29. The molecule has 0 saturated carbocycles. The average Bonchev–Trinajstić information content (AvgIpc) is 3.26. The van der Waals surface area contributed by atoms with Crippen molar-refractivity contribution in [2.75, 3.05) is 18.9 Å². The minimum atomic E-state index is -4.43. The molecule has 0 aliphatic heterocycles. The number of pyridine rings is 1. The number of benzene rings is 1. The van der Waals surface area contributed by atoms with Gasteiger partial charge in [-0.3, -0.25) is 9.20 Å². The molecule has 3 aromatic rings. The number of alkyl halides is 3. The maximum absolute atomic E-state index is 12.8. The molecule has 2 heterocycles. The van der Waals surface area contributed by atoms with Gasteiger partial charge >= 0.3 is 6.18 Å². The molecular weight excluding hydrogens is 429 g/mol. The predicted molar refractivity (Wildman–Crippen MR) is 127 cm³/mol. The number of hydrogen-bond acceptors (Lipinski definition) is 4. The second-order valence-electron chi connectivity index (χ2n) is 7.81. The molecule has 0 fully saturated rings. The standard InChI is InChI=1S/C16H23F3N4.C9H10O/c1-3-6-12(7-5-10-20-2)21-14-8-4-9-15-22-13(11-23(14)15)16(17,18)19;1-2-8-5-3-4-6-9(8)7-10/h4,8-9,11-12,20-21H,3,5-7,10H2,1-2H3;3-7H,2H2,1H3. The van der Waals surface area contributed by atoms with Crippen molar-refractivity contribution < 1.29 is 18.0 Å². The van der Waals surface area contributed by atoms with Crippen LogP contribution in [-0.2, 0) is 12.6 Å². The first-order valence-electron chi connectivity index (χ1n) is 11.3. The summed E-state index contributed by atoms with van der Waals surface area (Å²) in [7, 11) is 1.91. The third kappa shape index (κ3) is 7.89. The zero-order valence-electron chi connectivity index (χ0n) is 19.5. The molecule has 8 heteroatoms. The van der Waals surface area contributed by atoms with Crippen LogP contribution in [0.3, 0.4) is 0 Å². The largest absolute Gasteiger partial charge is 0.434 e. The Morgan fingerprint density at radius 3 is 2.45 bits per heavy atom. The third-order valence-electron chi connectivity index (χ3n) is 5.31. The molecule has 2 aromatic heterocycles. The summed E-state index contributed by atoms with van der Waals surface area (Å²) in [5.74, 6) is 0.647. The highest BCUT2D eigenvalue weighted by atomic mass is 19.4. The topological polar surface area (TPSA) is 58.4 Å². The van der Waals surface area contributed by atoms with Gasteiger partial charge in [-0.2, -0.15) is 13.2 Å². The fourth-order valence-electron chi connectivity index (χ4n) is 3.61. The van der Waals surface area contributed by atoms with Crippen LogP contribution in [0.4, 0.5) is 19.0 Å². The predicted octanol–water partition coefficient (Wildman–Crippen LogP) is 5.99. The number of fused-ring (bicyclic) bond motifs is 1. The average molecular weight is 463 g/mol. The van der Waals surface area contributed by atoms with Gasteiger partial charge in [0.25, 0.3) is 0 Å². The number of rotatable bonds is 10. The number of aldehydes is 1. The first-order chi connectivity index (χ1) is 15.8. The van der Waals surface area contributed by atoms with Gasteiger partial charge in [-0.25, -0.2) is 4.98 Å².